The molecule has 1 aromatic rings. The average Bonchev–Trinajstić information content (AvgIpc) is 2.28. The summed E-state index contributed by atoms with van der Waals surface area (Å²) in [6.45, 7) is 7.68. The lowest BCUT2D eigenvalue weighted by molar-refractivity contribution is 0.0760. The Kier molecular flexibility index (Phi) is 6.80. The Morgan fingerprint density at radius 1 is 1.26 bits per heavy atom. The first kappa shape index (κ1) is 17.0. The van der Waals surface area contributed by atoms with E-state index >= 15 is 0 Å². The van der Waals surface area contributed by atoms with Crippen LogP contribution in [0.3, 0.4) is 0 Å². The lowest BCUT2D eigenvalue weighted by atomic mass is 10.1. The molecule has 3 nitrogen and oxygen atoms in total. The predicted octanol–water partition coefficient (Wildman–Crippen LogP) is 3.99. The van der Waals surface area contributed by atoms with Crippen LogP contribution < -0.4 is 10.1 Å². The molecule has 0 aliphatic rings. The molecule has 0 radical (unpaired) electrons. The first-order valence-electron chi connectivity index (χ1n) is 6.17. The van der Waals surface area contributed by atoms with Crippen LogP contribution in [0.2, 0.25) is 0 Å². The molecule has 5 heteroatoms. The van der Waals surface area contributed by atoms with E-state index in [1.54, 1.807) is 7.11 Å². The first-order chi connectivity index (χ1) is 8.81. The van der Waals surface area contributed by atoms with E-state index in [4.69, 9.17) is 9.47 Å². The van der Waals surface area contributed by atoms with Gasteiger partial charge in [-0.25, -0.2) is 0 Å². The highest BCUT2D eigenvalue weighted by molar-refractivity contribution is 9.11. The normalized spacial score (nSPS) is 13.4. The van der Waals surface area contributed by atoms with Crippen LogP contribution in [0.15, 0.2) is 27.1 Å². The van der Waals surface area contributed by atoms with E-state index in [1.807, 2.05) is 18.2 Å². The Bertz CT molecular complexity index is 405. The third kappa shape index (κ3) is 6.75. The zero-order valence-corrected chi connectivity index (χ0v) is 15.0. The predicted molar refractivity (Wildman–Crippen MR) is 85.9 cm³/mol. The number of ether oxygens (including phenoxy) is 2. The van der Waals surface area contributed by atoms with Crippen LogP contribution in [0.1, 0.15) is 20.8 Å². The van der Waals surface area contributed by atoms with Crippen molar-refractivity contribution in [3.8, 4) is 5.75 Å². The largest absolute Gasteiger partial charge is 0.486 e. The van der Waals surface area contributed by atoms with Crippen molar-refractivity contribution in [3.63, 3.8) is 0 Å². The van der Waals surface area contributed by atoms with E-state index in [1.165, 1.54) is 0 Å². The smallest absolute Gasteiger partial charge is 0.134 e. The number of hydrogen-bond acceptors (Lipinski definition) is 3. The molecule has 0 amide bonds. The van der Waals surface area contributed by atoms with Crippen molar-refractivity contribution in [2.75, 3.05) is 20.3 Å². The molecule has 0 heterocycles. The molecule has 1 N–H and O–H groups in total. The van der Waals surface area contributed by atoms with Gasteiger partial charge in [0.2, 0.25) is 0 Å². The fourth-order valence-electron chi connectivity index (χ4n) is 1.49. The van der Waals surface area contributed by atoms with E-state index < -0.39 is 0 Å². The molecule has 0 aliphatic heterocycles. The molecule has 0 saturated carbocycles. The minimum absolute atomic E-state index is 0.0262. The summed E-state index contributed by atoms with van der Waals surface area (Å²) >= 11 is 6.93. The fourth-order valence-corrected chi connectivity index (χ4v) is 2.63. The van der Waals surface area contributed by atoms with E-state index in [0.717, 1.165) is 21.2 Å². The van der Waals surface area contributed by atoms with E-state index in [-0.39, 0.29) is 11.6 Å². The highest BCUT2D eigenvalue weighted by atomic mass is 79.9. The summed E-state index contributed by atoms with van der Waals surface area (Å²) in [7, 11) is 1.68. The van der Waals surface area contributed by atoms with Crippen molar-refractivity contribution in [2.45, 2.75) is 32.4 Å². The molecule has 1 unspecified atom stereocenters. The molecule has 0 saturated heterocycles. The fraction of sp³-hybridized carbons (Fsp3) is 0.571. The maximum atomic E-state index is 5.98. The van der Waals surface area contributed by atoms with Gasteiger partial charge in [-0.15, -0.1) is 0 Å². The minimum Gasteiger partial charge on any atom is -0.486 e. The molecule has 0 aromatic heterocycles. The van der Waals surface area contributed by atoms with Crippen LogP contribution in [-0.2, 0) is 4.74 Å². The van der Waals surface area contributed by atoms with Gasteiger partial charge in [-0.3, -0.25) is 0 Å². The van der Waals surface area contributed by atoms with E-state index in [9.17, 15) is 0 Å². The second-order valence-electron chi connectivity index (χ2n) is 5.40. The molecule has 1 atom stereocenters. The van der Waals surface area contributed by atoms with Crippen LogP contribution in [-0.4, -0.2) is 31.9 Å². The van der Waals surface area contributed by atoms with Crippen LogP contribution in [0.4, 0.5) is 0 Å². The van der Waals surface area contributed by atoms with Gasteiger partial charge in [-0.05, 0) is 54.9 Å². The molecule has 108 valence electrons. The zero-order chi connectivity index (χ0) is 14.5. The summed E-state index contributed by atoms with van der Waals surface area (Å²) in [5.74, 6) is 0.820. The molecule has 0 fully saturated rings. The lowest BCUT2D eigenvalue weighted by Gasteiger charge is -2.26. The zero-order valence-electron chi connectivity index (χ0n) is 11.8. The van der Waals surface area contributed by atoms with Gasteiger partial charge in [-0.2, -0.15) is 0 Å². The van der Waals surface area contributed by atoms with Crippen molar-refractivity contribution in [3.05, 3.63) is 27.1 Å². The Morgan fingerprint density at radius 3 is 2.47 bits per heavy atom. The van der Waals surface area contributed by atoms with Crippen LogP contribution >= 0.6 is 31.9 Å². The third-order valence-corrected chi connectivity index (χ3v) is 3.51. The van der Waals surface area contributed by atoms with Crippen molar-refractivity contribution < 1.29 is 9.47 Å². The Balaban J connectivity index is 2.67. The van der Waals surface area contributed by atoms with Gasteiger partial charge in [-0.1, -0.05) is 15.9 Å². The van der Waals surface area contributed by atoms with Gasteiger partial charge in [0.25, 0.3) is 0 Å². The Morgan fingerprint density at radius 2 is 1.95 bits per heavy atom. The number of nitrogens with one attached hydrogen (secondary N) is 1. The van der Waals surface area contributed by atoms with E-state index in [2.05, 4.69) is 57.9 Å². The maximum absolute atomic E-state index is 5.98. The molecule has 0 aliphatic carbocycles. The monoisotopic (exact) mass is 393 g/mol. The van der Waals surface area contributed by atoms with Crippen molar-refractivity contribution in [1.29, 1.82) is 0 Å². The summed E-state index contributed by atoms with van der Waals surface area (Å²) in [4.78, 5) is 0. The second-order valence-corrected chi connectivity index (χ2v) is 7.17. The first-order valence-corrected chi connectivity index (χ1v) is 7.76. The molecule has 19 heavy (non-hydrogen) atoms. The quantitative estimate of drug-likeness (QED) is 0.791. The van der Waals surface area contributed by atoms with E-state index in [0.29, 0.717) is 6.61 Å². The number of hydrogen-bond donors (Lipinski definition) is 1. The third-order valence-electron chi connectivity index (χ3n) is 2.40. The molecular formula is C14H21Br2NO2. The average molecular weight is 395 g/mol. The number of halogens is 2. The summed E-state index contributed by atoms with van der Waals surface area (Å²) in [6, 6.07) is 5.87. The summed E-state index contributed by atoms with van der Waals surface area (Å²) in [6.07, 6.45) is -0.0262. The maximum Gasteiger partial charge on any atom is 0.134 e. The summed E-state index contributed by atoms with van der Waals surface area (Å²) in [5, 5.41) is 3.43. The van der Waals surface area contributed by atoms with Gasteiger partial charge in [0, 0.05) is 23.7 Å². The van der Waals surface area contributed by atoms with Crippen LogP contribution in [0.5, 0.6) is 5.75 Å². The van der Waals surface area contributed by atoms with Gasteiger partial charge >= 0.3 is 0 Å². The second kappa shape index (κ2) is 7.62. The van der Waals surface area contributed by atoms with Gasteiger partial charge in [0.15, 0.2) is 0 Å². The van der Waals surface area contributed by atoms with Crippen LogP contribution in [0.25, 0.3) is 0 Å². The molecule has 1 rings (SSSR count). The van der Waals surface area contributed by atoms with Crippen molar-refractivity contribution in [1.82, 2.24) is 5.32 Å². The SMILES string of the molecule is COCC(CNC(C)(C)C)Oc1ccc(Br)cc1Br. The van der Waals surface area contributed by atoms with Crippen LogP contribution in [0, 0.1) is 0 Å². The topological polar surface area (TPSA) is 30.5 Å². The Hall–Kier alpha value is -0.100. The summed E-state index contributed by atoms with van der Waals surface area (Å²) < 4.78 is 13.1. The molecular weight excluding hydrogens is 374 g/mol. The lowest BCUT2D eigenvalue weighted by Crippen LogP contribution is -2.44. The standard InChI is InChI=1S/C14H21Br2NO2/c1-14(2,3)17-8-11(9-18-4)19-13-6-5-10(15)7-12(13)16/h5-7,11,17H,8-9H2,1-4H3. The number of methoxy groups -OCH3 is 1. The van der Waals surface area contributed by atoms with Gasteiger partial charge < -0.3 is 14.8 Å². The number of benzene rings is 1. The molecule has 0 spiro atoms. The Labute approximate surface area is 132 Å². The molecule has 0 bridgehead atoms. The highest BCUT2D eigenvalue weighted by Crippen LogP contribution is 2.29. The molecule has 1 aromatic carbocycles. The number of rotatable bonds is 6. The van der Waals surface area contributed by atoms with Crippen molar-refractivity contribution >= 4 is 31.9 Å². The minimum atomic E-state index is -0.0262. The van der Waals surface area contributed by atoms with Crippen molar-refractivity contribution in [2.24, 2.45) is 0 Å². The van der Waals surface area contributed by atoms with Gasteiger partial charge in [0.05, 0.1) is 11.1 Å². The summed E-state index contributed by atoms with van der Waals surface area (Å²) in [5.41, 5.74) is 0.0618. The van der Waals surface area contributed by atoms with Gasteiger partial charge in [0.1, 0.15) is 11.9 Å². The highest BCUT2D eigenvalue weighted by Gasteiger charge is 2.16.